The molecule has 0 saturated carbocycles. The van der Waals surface area contributed by atoms with Gasteiger partial charge in [0, 0.05) is 37.4 Å². The van der Waals surface area contributed by atoms with Gasteiger partial charge in [0.05, 0.1) is 17.4 Å². The predicted octanol–water partition coefficient (Wildman–Crippen LogP) is 2.86. The molecule has 2 fully saturated rings. The lowest BCUT2D eigenvalue weighted by molar-refractivity contribution is -0.122. The van der Waals surface area contributed by atoms with Crippen LogP contribution in [0.5, 0.6) is 5.75 Å². The van der Waals surface area contributed by atoms with E-state index in [0.29, 0.717) is 31.9 Å². The summed E-state index contributed by atoms with van der Waals surface area (Å²) in [5, 5.41) is 2.80. The molecule has 2 aromatic rings. The molecule has 1 N–H and O–H groups in total. The van der Waals surface area contributed by atoms with Crippen LogP contribution in [0.1, 0.15) is 26.2 Å². The zero-order chi connectivity index (χ0) is 22.7. The highest BCUT2D eigenvalue weighted by Crippen LogP contribution is 2.28. The number of hydrogen-bond donors (Lipinski definition) is 1. The zero-order valence-corrected chi connectivity index (χ0v) is 18.8. The van der Waals surface area contributed by atoms with Crippen molar-refractivity contribution in [3.05, 3.63) is 48.5 Å². The Hall–Kier alpha value is -2.91. The van der Waals surface area contributed by atoms with Crippen LogP contribution < -0.4 is 15.0 Å². The average Bonchev–Trinajstić information content (AvgIpc) is 3.46. The highest BCUT2D eigenvalue weighted by Gasteiger charge is 2.35. The van der Waals surface area contributed by atoms with Crippen LogP contribution in [-0.4, -0.2) is 50.8 Å². The van der Waals surface area contributed by atoms with Gasteiger partial charge in [0.2, 0.25) is 21.8 Å². The largest absolute Gasteiger partial charge is 0.494 e. The first kappa shape index (κ1) is 22.3. The number of ether oxygens (including phenoxy) is 1. The normalized spacial score (nSPS) is 19.3. The van der Waals surface area contributed by atoms with E-state index in [4.69, 9.17) is 4.74 Å². The van der Waals surface area contributed by atoms with Gasteiger partial charge in [0.15, 0.2) is 0 Å². The number of carbonyl (C=O) groups excluding carboxylic acids is 2. The topological polar surface area (TPSA) is 96.0 Å². The standard InChI is InChI=1S/C23H27N3O5S/c1-2-31-20-9-7-19(8-10-20)26-16-17(15-22(26)27)23(28)24-18-5-11-21(12-6-18)32(29,30)25-13-3-4-14-25/h5-12,17H,2-4,13-16H2,1H3,(H,24,28)/t17-/m0/s1. The number of sulfonamides is 1. The third kappa shape index (κ3) is 4.63. The third-order valence-electron chi connectivity index (χ3n) is 5.78. The second-order valence-corrected chi connectivity index (χ2v) is 9.90. The maximum Gasteiger partial charge on any atom is 0.243 e. The van der Waals surface area contributed by atoms with E-state index in [-0.39, 0.29) is 23.1 Å². The van der Waals surface area contributed by atoms with Crippen LogP contribution in [0.15, 0.2) is 53.4 Å². The molecule has 2 amide bonds. The molecule has 8 nitrogen and oxygen atoms in total. The molecule has 0 unspecified atom stereocenters. The molecule has 0 aromatic heterocycles. The van der Waals surface area contributed by atoms with Crippen molar-refractivity contribution in [1.29, 1.82) is 0 Å². The summed E-state index contributed by atoms with van der Waals surface area (Å²) >= 11 is 0. The Balaban J connectivity index is 1.38. The molecule has 2 aromatic carbocycles. The van der Waals surface area contributed by atoms with Gasteiger partial charge >= 0.3 is 0 Å². The quantitative estimate of drug-likeness (QED) is 0.690. The number of benzene rings is 2. The number of hydrogen-bond acceptors (Lipinski definition) is 5. The molecule has 32 heavy (non-hydrogen) atoms. The van der Waals surface area contributed by atoms with E-state index in [9.17, 15) is 18.0 Å². The Morgan fingerprint density at radius 1 is 1.06 bits per heavy atom. The maximum absolute atomic E-state index is 12.7. The Bertz CT molecular complexity index is 1080. The molecule has 2 aliphatic heterocycles. The molecular weight excluding hydrogens is 430 g/mol. The lowest BCUT2D eigenvalue weighted by Crippen LogP contribution is -2.28. The van der Waals surface area contributed by atoms with Crippen molar-refractivity contribution < 1.29 is 22.7 Å². The van der Waals surface area contributed by atoms with Gasteiger partial charge in [-0.25, -0.2) is 8.42 Å². The molecular formula is C23H27N3O5S. The van der Waals surface area contributed by atoms with E-state index in [1.165, 1.54) is 16.4 Å². The van der Waals surface area contributed by atoms with Crippen LogP contribution in [-0.2, 0) is 19.6 Å². The van der Waals surface area contributed by atoms with Crippen molar-refractivity contribution in [2.75, 3.05) is 36.5 Å². The molecule has 9 heteroatoms. The second-order valence-electron chi connectivity index (χ2n) is 7.96. The summed E-state index contributed by atoms with van der Waals surface area (Å²) in [6.45, 7) is 3.85. The van der Waals surface area contributed by atoms with E-state index >= 15 is 0 Å². The molecule has 2 heterocycles. The molecule has 1 atom stereocenters. The van der Waals surface area contributed by atoms with Gasteiger partial charge in [-0.15, -0.1) is 0 Å². The minimum Gasteiger partial charge on any atom is -0.494 e. The summed E-state index contributed by atoms with van der Waals surface area (Å²) in [5.41, 5.74) is 1.23. The molecule has 0 bridgehead atoms. The van der Waals surface area contributed by atoms with Crippen LogP contribution in [0.25, 0.3) is 0 Å². The third-order valence-corrected chi connectivity index (χ3v) is 7.69. The summed E-state index contributed by atoms with van der Waals surface area (Å²) in [7, 11) is -3.49. The van der Waals surface area contributed by atoms with Crippen LogP contribution in [0.2, 0.25) is 0 Å². The van der Waals surface area contributed by atoms with Crippen LogP contribution in [0.3, 0.4) is 0 Å². The SMILES string of the molecule is CCOc1ccc(N2C[C@@H](C(=O)Nc3ccc(S(=O)(=O)N4CCCC4)cc3)CC2=O)cc1. The number of nitrogens with one attached hydrogen (secondary N) is 1. The fraction of sp³-hybridized carbons (Fsp3) is 0.391. The van der Waals surface area contributed by atoms with E-state index in [1.807, 2.05) is 19.1 Å². The van der Waals surface area contributed by atoms with Crippen LogP contribution >= 0.6 is 0 Å². The van der Waals surface area contributed by atoms with E-state index < -0.39 is 15.9 Å². The second kappa shape index (κ2) is 9.30. The summed E-state index contributed by atoms with van der Waals surface area (Å²) in [4.78, 5) is 27.0. The Morgan fingerprint density at radius 2 is 1.72 bits per heavy atom. The van der Waals surface area contributed by atoms with Gasteiger partial charge in [-0.1, -0.05) is 0 Å². The van der Waals surface area contributed by atoms with Gasteiger partial charge in [0.1, 0.15) is 5.75 Å². The molecule has 0 aliphatic carbocycles. The van der Waals surface area contributed by atoms with Gasteiger partial charge in [0.25, 0.3) is 0 Å². The molecule has 2 saturated heterocycles. The molecule has 0 spiro atoms. The minimum absolute atomic E-state index is 0.110. The minimum atomic E-state index is -3.49. The Labute approximate surface area is 188 Å². The van der Waals surface area contributed by atoms with Crippen LogP contribution in [0.4, 0.5) is 11.4 Å². The van der Waals surface area contributed by atoms with E-state index in [1.54, 1.807) is 29.2 Å². The highest BCUT2D eigenvalue weighted by molar-refractivity contribution is 7.89. The van der Waals surface area contributed by atoms with Gasteiger partial charge in [-0.05, 0) is 68.3 Å². The fourth-order valence-electron chi connectivity index (χ4n) is 4.05. The summed E-state index contributed by atoms with van der Waals surface area (Å²) in [6.07, 6.45) is 1.88. The van der Waals surface area contributed by atoms with E-state index in [0.717, 1.165) is 24.3 Å². The molecule has 4 rings (SSSR count). The number of carbonyl (C=O) groups is 2. The summed E-state index contributed by atoms with van der Waals surface area (Å²) in [6, 6.07) is 13.4. The van der Waals surface area contributed by atoms with Gasteiger partial charge in [-0.3, -0.25) is 9.59 Å². The number of rotatable bonds is 7. The predicted molar refractivity (Wildman–Crippen MR) is 121 cm³/mol. The van der Waals surface area contributed by atoms with Crippen molar-refractivity contribution in [1.82, 2.24) is 4.31 Å². The van der Waals surface area contributed by atoms with Crippen molar-refractivity contribution >= 4 is 33.2 Å². The lowest BCUT2D eigenvalue weighted by atomic mass is 10.1. The number of amides is 2. The van der Waals surface area contributed by atoms with Crippen molar-refractivity contribution in [3.63, 3.8) is 0 Å². The average molecular weight is 458 g/mol. The maximum atomic E-state index is 12.7. The van der Waals surface area contributed by atoms with Crippen LogP contribution in [0, 0.1) is 5.92 Å². The summed E-state index contributed by atoms with van der Waals surface area (Å²) < 4.78 is 32.2. The Kier molecular flexibility index (Phi) is 6.48. The van der Waals surface area contributed by atoms with Crippen molar-refractivity contribution in [2.45, 2.75) is 31.1 Å². The number of nitrogens with zero attached hydrogens (tertiary/aromatic N) is 2. The first-order chi connectivity index (χ1) is 15.4. The highest BCUT2D eigenvalue weighted by atomic mass is 32.2. The first-order valence-electron chi connectivity index (χ1n) is 10.8. The van der Waals surface area contributed by atoms with Crippen molar-refractivity contribution in [2.24, 2.45) is 5.92 Å². The van der Waals surface area contributed by atoms with E-state index in [2.05, 4.69) is 5.32 Å². The molecule has 2 aliphatic rings. The zero-order valence-electron chi connectivity index (χ0n) is 18.0. The fourth-order valence-corrected chi connectivity index (χ4v) is 5.57. The van der Waals surface area contributed by atoms with Crippen molar-refractivity contribution in [3.8, 4) is 5.75 Å². The first-order valence-corrected chi connectivity index (χ1v) is 12.3. The molecule has 0 radical (unpaired) electrons. The van der Waals surface area contributed by atoms with Gasteiger partial charge < -0.3 is 15.0 Å². The summed E-state index contributed by atoms with van der Waals surface area (Å²) in [5.74, 6) is -0.127. The van der Waals surface area contributed by atoms with Gasteiger partial charge in [-0.2, -0.15) is 4.31 Å². The number of anilines is 2. The smallest absolute Gasteiger partial charge is 0.243 e. The monoisotopic (exact) mass is 457 g/mol. The lowest BCUT2D eigenvalue weighted by Gasteiger charge is -2.17. The Morgan fingerprint density at radius 3 is 2.34 bits per heavy atom. The molecule has 170 valence electrons.